The maximum Gasteiger partial charge on any atom is 0.313 e. The number of carboxylic acid groups (broad SMARTS) is 1. The number of hydrogen-bond acceptors (Lipinski definition) is 4. The van der Waals surface area contributed by atoms with Crippen molar-refractivity contribution in [2.24, 2.45) is 5.73 Å². The summed E-state index contributed by atoms with van der Waals surface area (Å²) in [5.41, 5.74) is 7.07. The minimum Gasteiger partial charge on any atom is -0.481 e. The highest BCUT2D eigenvalue weighted by Gasteiger charge is 2.11. The molecule has 0 saturated heterocycles. The van der Waals surface area contributed by atoms with Crippen LogP contribution in [0.4, 0.5) is 5.69 Å². The fraction of sp³-hybridized carbons (Fsp3) is 0.133. The average molecular weight is 333 g/mol. The Labute approximate surface area is 136 Å². The number of anilines is 1. The summed E-state index contributed by atoms with van der Waals surface area (Å²) in [7, 11) is 0. The van der Waals surface area contributed by atoms with E-state index in [1.807, 2.05) is 6.07 Å². The molecule has 0 bridgehead atoms. The van der Waals surface area contributed by atoms with E-state index < -0.39 is 17.8 Å². The average Bonchev–Trinajstić information content (AvgIpc) is 2.97. The van der Waals surface area contributed by atoms with Crippen LogP contribution in [0, 0.1) is 0 Å². The van der Waals surface area contributed by atoms with Crippen LogP contribution in [0.3, 0.4) is 0 Å². The van der Waals surface area contributed by atoms with Gasteiger partial charge in [-0.15, -0.1) is 11.8 Å². The lowest BCUT2D eigenvalue weighted by molar-refractivity contribution is -0.133. The van der Waals surface area contributed by atoms with Crippen LogP contribution in [0.15, 0.2) is 36.5 Å². The number of carboxylic acids is 1. The van der Waals surface area contributed by atoms with Crippen LogP contribution in [-0.2, 0) is 10.5 Å². The van der Waals surface area contributed by atoms with Gasteiger partial charge in [0.15, 0.2) is 0 Å². The van der Waals surface area contributed by atoms with E-state index in [-0.39, 0.29) is 17.0 Å². The Balaban J connectivity index is 2.00. The number of carbonyl (C=O) groups is 3. The molecule has 2 aromatic rings. The first-order valence-electron chi connectivity index (χ1n) is 6.64. The molecule has 0 spiro atoms. The van der Waals surface area contributed by atoms with Gasteiger partial charge in [-0.05, 0) is 23.8 Å². The molecular formula is C15H15N3O4S. The van der Waals surface area contributed by atoms with Crippen LogP contribution >= 0.6 is 11.8 Å². The van der Waals surface area contributed by atoms with Crippen LogP contribution in [0.2, 0.25) is 0 Å². The first-order valence-corrected chi connectivity index (χ1v) is 7.79. The van der Waals surface area contributed by atoms with E-state index in [9.17, 15) is 14.4 Å². The second-order valence-corrected chi connectivity index (χ2v) is 5.69. The monoisotopic (exact) mass is 333 g/mol. The number of H-pyrrole nitrogens is 1. The summed E-state index contributed by atoms with van der Waals surface area (Å²) in [6, 6.07) is 8.50. The summed E-state index contributed by atoms with van der Waals surface area (Å²) in [6.07, 6.45) is 1.37. The standard InChI is InChI=1S/C15H15N3O4S/c16-14(21)10-5-12(17-6-10)15(22)18-11-3-1-2-9(4-11)7-23-8-13(19)20/h1-6,17H,7-8H2,(H2,16,21)(H,18,22)(H,19,20). The van der Waals surface area contributed by atoms with E-state index >= 15 is 0 Å². The van der Waals surface area contributed by atoms with E-state index in [1.54, 1.807) is 18.2 Å². The molecule has 0 aliphatic heterocycles. The van der Waals surface area contributed by atoms with Crippen LogP contribution in [0.25, 0.3) is 0 Å². The first kappa shape index (κ1) is 16.6. The number of benzene rings is 1. The van der Waals surface area contributed by atoms with Gasteiger partial charge in [0.1, 0.15) is 5.69 Å². The van der Waals surface area contributed by atoms with Crippen molar-refractivity contribution in [1.82, 2.24) is 4.98 Å². The molecule has 0 unspecified atom stereocenters. The molecule has 0 aliphatic rings. The highest BCUT2D eigenvalue weighted by atomic mass is 32.2. The molecule has 0 fully saturated rings. The van der Waals surface area contributed by atoms with Gasteiger partial charge in [0, 0.05) is 17.6 Å². The summed E-state index contributed by atoms with van der Waals surface area (Å²) in [5.74, 6) is -1.32. The number of aliphatic carboxylic acids is 1. The Morgan fingerprint density at radius 2 is 2.04 bits per heavy atom. The molecule has 1 aromatic carbocycles. The zero-order chi connectivity index (χ0) is 16.8. The minimum atomic E-state index is -0.864. The van der Waals surface area contributed by atoms with Crippen molar-refractivity contribution in [3.63, 3.8) is 0 Å². The van der Waals surface area contributed by atoms with Crippen molar-refractivity contribution in [1.29, 1.82) is 0 Å². The van der Waals surface area contributed by atoms with Gasteiger partial charge < -0.3 is 21.1 Å². The molecule has 5 N–H and O–H groups in total. The van der Waals surface area contributed by atoms with E-state index in [2.05, 4.69) is 10.3 Å². The summed E-state index contributed by atoms with van der Waals surface area (Å²) in [6.45, 7) is 0. The number of rotatable bonds is 7. The molecule has 120 valence electrons. The van der Waals surface area contributed by atoms with Crippen molar-refractivity contribution >= 4 is 35.2 Å². The molecule has 7 nitrogen and oxygen atoms in total. The van der Waals surface area contributed by atoms with Crippen molar-refractivity contribution < 1.29 is 19.5 Å². The zero-order valence-corrected chi connectivity index (χ0v) is 12.9. The van der Waals surface area contributed by atoms with Crippen molar-refractivity contribution in [3.8, 4) is 0 Å². The number of aromatic amines is 1. The molecule has 2 amide bonds. The Bertz CT molecular complexity index is 742. The summed E-state index contributed by atoms with van der Waals surface area (Å²) in [5, 5.41) is 11.3. The number of thioether (sulfide) groups is 1. The number of hydrogen-bond donors (Lipinski definition) is 4. The van der Waals surface area contributed by atoms with E-state index in [0.29, 0.717) is 11.4 Å². The predicted octanol–water partition coefficient (Wildman–Crippen LogP) is 1.68. The van der Waals surface area contributed by atoms with Crippen LogP contribution in [-0.4, -0.2) is 33.6 Å². The molecule has 0 atom stereocenters. The van der Waals surface area contributed by atoms with E-state index in [0.717, 1.165) is 5.56 Å². The summed E-state index contributed by atoms with van der Waals surface area (Å²) < 4.78 is 0. The molecule has 0 saturated carbocycles. The molecular weight excluding hydrogens is 318 g/mol. The largest absolute Gasteiger partial charge is 0.481 e. The Morgan fingerprint density at radius 3 is 2.70 bits per heavy atom. The zero-order valence-electron chi connectivity index (χ0n) is 12.0. The van der Waals surface area contributed by atoms with Crippen molar-refractivity contribution in [2.75, 3.05) is 11.1 Å². The molecule has 1 aromatic heterocycles. The number of amides is 2. The summed E-state index contributed by atoms with van der Waals surface area (Å²) in [4.78, 5) is 36.3. The molecule has 0 aliphatic carbocycles. The molecule has 1 heterocycles. The Morgan fingerprint density at radius 1 is 1.26 bits per heavy atom. The smallest absolute Gasteiger partial charge is 0.313 e. The lowest BCUT2D eigenvalue weighted by Gasteiger charge is -2.06. The second kappa shape index (κ2) is 7.50. The highest BCUT2D eigenvalue weighted by molar-refractivity contribution is 7.99. The van der Waals surface area contributed by atoms with E-state index in [4.69, 9.17) is 10.8 Å². The topological polar surface area (TPSA) is 125 Å². The van der Waals surface area contributed by atoms with Gasteiger partial charge in [-0.1, -0.05) is 12.1 Å². The van der Waals surface area contributed by atoms with Gasteiger partial charge in [-0.2, -0.15) is 0 Å². The maximum absolute atomic E-state index is 12.1. The highest BCUT2D eigenvalue weighted by Crippen LogP contribution is 2.17. The lowest BCUT2D eigenvalue weighted by Crippen LogP contribution is -2.13. The SMILES string of the molecule is NC(=O)c1c[nH]c(C(=O)Nc2cccc(CSCC(=O)O)c2)c1. The number of nitrogens with two attached hydrogens (primary N) is 1. The minimum absolute atomic E-state index is 0.0228. The Kier molecular flexibility index (Phi) is 5.42. The van der Waals surface area contributed by atoms with Gasteiger partial charge in [-0.3, -0.25) is 14.4 Å². The fourth-order valence-corrected chi connectivity index (χ4v) is 2.55. The Hall–Kier alpha value is -2.74. The van der Waals surface area contributed by atoms with Gasteiger partial charge in [0.05, 0.1) is 11.3 Å². The second-order valence-electron chi connectivity index (χ2n) is 4.71. The van der Waals surface area contributed by atoms with Gasteiger partial charge in [0.2, 0.25) is 5.91 Å². The predicted molar refractivity (Wildman–Crippen MR) is 87.5 cm³/mol. The fourth-order valence-electron chi connectivity index (χ4n) is 1.86. The van der Waals surface area contributed by atoms with Crippen molar-refractivity contribution in [3.05, 3.63) is 53.3 Å². The number of aromatic nitrogens is 1. The van der Waals surface area contributed by atoms with E-state index in [1.165, 1.54) is 24.0 Å². The van der Waals surface area contributed by atoms with Crippen molar-refractivity contribution in [2.45, 2.75) is 5.75 Å². The third-order valence-electron chi connectivity index (χ3n) is 2.89. The maximum atomic E-state index is 12.1. The number of carbonyl (C=O) groups excluding carboxylic acids is 2. The van der Waals surface area contributed by atoms with Gasteiger partial charge in [-0.25, -0.2) is 0 Å². The van der Waals surface area contributed by atoms with Crippen LogP contribution < -0.4 is 11.1 Å². The van der Waals surface area contributed by atoms with Gasteiger partial charge >= 0.3 is 5.97 Å². The quantitative estimate of drug-likeness (QED) is 0.613. The van der Waals surface area contributed by atoms with Gasteiger partial charge in [0.25, 0.3) is 5.91 Å². The number of nitrogens with one attached hydrogen (secondary N) is 2. The lowest BCUT2D eigenvalue weighted by atomic mass is 10.2. The molecule has 8 heteroatoms. The molecule has 2 rings (SSSR count). The number of primary amides is 1. The third-order valence-corrected chi connectivity index (χ3v) is 3.88. The normalized spacial score (nSPS) is 10.3. The first-order chi connectivity index (χ1) is 11.0. The summed E-state index contributed by atoms with van der Waals surface area (Å²) >= 11 is 1.28. The van der Waals surface area contributed by atoms with Crippen LogP contribution in [0.5, 0.6) is 0 Å². The van der Waals surface area contributed by atoms with Crippen LogP contribution in [0.1, 0.15) is 26.4 Å². The molecule has 0 radical (unpaired) electrons. The third kappa shape index (κ3) is 4.89. The molecule has 23 heavy (non-hydrogen) atoms.